The zero-order valence-corrected chi connectivity index (χ0v) is 18.7. The number of benzene rings is 1. The molecule has 2 fully saturated rings. The van der Waals surface area contributed by atoms with Gasteiger partial charge in [-0.3, -0.25) is 14.5 Å². The molecule has 2 saturated heterocycles. The van der Waals surface area contributed by atoms with Gasteiger partial charge < -0.3 is 9.80 Å². The second-order valence-electron chi connectivity index (χ2n) is 8.11. The number of hydrogen-bond acceptors (Lipinski definition) is 5. The van der Waals surface area contributed by atoms with E-state index in [0.29, 0.717) is 13.0 Å². The molecule has 3 heterocycles. The summed E-state index contributed by atoms with van der Waals surface area (Å²) in [6, 6.07) is 8.10. The standard InChI is InChI=1S/C23H30N4O2S/c1-3-17-5-7-20(8-6-17)27-14-18(13-22(27)28)23(29)26-11-9-25(10-12-26)15-19-16-30-21(4-2)24-19/h5-8,16,18H,3-4,9-15H2,1-2H3. The first-order valence-electron chi connectivity index (χ1n) is 10.9. The molecular formula is C23H30N4O2S. The molecule has 2 aliphatic rings. The normalized spacial score (nSPS) is 20.2. The molecule has 4 rings (SSSR count). The van der Waals surface area contributed by atoms with Crippen molar-refractivity contribution in [1.82, 2.24) is 14.8 Å². The van der Waals surface area contributed by atoms with Crippen molar-refractivity contribution in [3.8, 4) is 0 Å². The van der Waals surface area contributed by atoms with Gasteiger partial charge in [0.25, 0.3) is 0 Å². The topological polar surface area (TPSA) is 56.8 Å². The minimum absolute atomic E-state index is 0.0477. The molecule has 30 heavy (non-hydrogen) atoms. The van der Waals surface area contributed by atoms with E-state index in [0.717, 1.165) is 56.9 Å². The Morgan fingerprint density at radius 3 is 2.47 bits per heavy atom. The lowest BCUT2D eigenvalue weighted by atomic mass is 10.1. The second-order valence-corrected chi connectivity index (χ2v) is 9.06. The Hall–Kier alpha value is -2.25. The van der Waals surface area contributed by atoms with Crippen molar-refractivity contribution in [3.63, 3.8) is 0 Å². The number of rotatable bonds is 6. The number of carbonyl (C=O) groups is 2. The van der Waals surface area contributed by atoms with Crippen LogP contribution < -0.4 is 4.90 Å². The van der Waals surface area contributed by atoms with E-state index in [-0.39, 0.29) is 17.7 Å². The lowest BCUT2D eigenvalue weighted by Crippen LogP contribution is -2.50. The molecule has 160 valence electrons. The molecule has 1 aromatic heterocycles. The van der Waals surface area contributed by atoms with Crippen LogP contribution >= 0.6 is 11.3 Å². The highest BCUT2D eigenvalue weighted by Crippen LogP contribution is 2.27. The van der Waals surface area contributed by atoms with Gasteiger partial charge in [0.2, 0.25) is 11.8 Å². The van der Waals surface area contributed by atoms with Crippen LogP contribution in [-0.4, -0.2) is 59.3 Å². The number of aryl methyl sites for hydroxylation is 2. The lowest BCUT2D eigenvalue weighted by molar-refractivity contribution is -0.137. The van der Waals surface area contributed by atoms with Gasteiger partial charge in [0.1, 0.15) is 0 Å². The van der Waals surface area contributed by atoms with E-state index in [1.54, 1.807) is 16.2 Å². The number of anilines is 1. The van der Waals surface area contributed by atoms with Gasteiger partial charge in [-0.25, -0.2) is 4.98 Å². The molecule has 0 saturated carbocycles. The number of thiazole rings is 1. The highest BCUT2D eigenvalue weighted by molar-refractivity contribution is 7.09. The summed E-state index contributed by atoms with van der Waals surface area (Å²) in [4.78, 5) is 36.3. The Morgan fingerprint density at radius 2 is 1.83 bits per heavy atom. The number of nitrogens with zero attached hydrogens (tertiary/aromatic N) is 4. The van der Waals surface area contributed by atoms with E-state index in [2.05, 4.69) is 41.2 Å². The summed E-state index contributed by atoms with van der Waals surface area (Å²) in [6.45, 7) is 8.73. The van der Waals surface area contributed by atoms with E-state index < -0.39 is 0 Å². The number of amides is 2. The van der Waals surface area contributed by atoms with Crippen LogP contribution in [0.5, 0.6) is 0 Å². The summed E-state index contributed by atoms with van der Waals surface area (Å²) >= 11 is 1.72. The van der Waals surface area contributed by atoms with Crippen LogP contribution in [0.3, 0.4) is 0 Å². The summed E-state index contributed by atoms with van der Waals surface area (Å²) in [7, 11) is 0. The molecule has 0 N–H and O–H groups in total. The average Bonchev–Trinajstić information content (AvgIpc) is 3.40. The van der Waals surface area contributed by atoms with Gasteiger partial charge in [0.15, 0.2) is 0 Å². The molecule has 7 heteroatoms. The molecule has 1 aromatic carbocycles. The predicted octanol–water partition coefficient (Wildman–Crippen LogP) is 2.97. The van der Waals surface area contributed by atoms with Crippen LogP contribution in [0.2, 0.25) is 0 Å². The molecule has 1 atom stereocenters. The molecule has 2 aromatic rings. The summed E-state index contributed by atoms with van der Waals surface area (Å²) in [5.74, 6) is -0.0651. The van der Waals surface area contributed by atoms with Crippen LogP contribution in [0.15, 0.2) is 29.6 Å². The van der Waals surface area contributed by atoms with Crippen molar-refractivity contribution in [2.45, 2.75) is 39.7 Å². The maximum Gasteiger partial charge on any atom is 0.228 e. The minimum Gasteiger partial charge on any atom is -0.340 e. The van der Waals surface area contributed by atoms with Crippen molar-refractivity contribution >= 4 is 28.8 Å². The maximum atomic E-state index is 13.0. The summed E-state index contributed by atoms with van der Waals surface area (Å²) in [6.07, 6.45) is 2.27. The average molecular weight is 427 g/mol. The van der Waals surface area contributed by atoms with Crippen LogP contribution in [0.25, 0.3) is 0 Å². The fourth-order valence-corrected chi connectivity index (χ4v) is 4.97. The first-order valence-corrected chi connectivity index (χ1v) is 11.8. The van der Waals surface area contributed by atoms with Gasteiger partial charge in [-0.15, -0.1) is 11.3 Å². The maximum absolute atomic E-state index is 13.0. The molecule has 0 spiro atoms. The van der Waals surface area contributed by atoms with Gasteiger partial charge in [-0.1, -0.05) is 26.0 Å². The molecule has 2 amide bonds. The summed E-state index contributed by atoms with van der Waals surface area (Å²) < 4.78 is 0. The Balaban J connectivity index is 1.30. The third-order valence-corrected chi connectivity index (χ3v) is 7.14. The Labute approximate surface area is 182 Å². The van der Waals surface area contributed by atoms with E-state index in [9.17, 15) is 9.59 Å². The molecule has 0 radical (unpaired) electrons. The van der Waals surface area contributed by atoms with Gasteiger partial charge >= 0.3 is 0 Å². The minimum atomic E-state index is -0.236. The van der Waals surface area contributed by atoms with E-state index >= 15 is 0 Å². The van der Waals surface area contributed by atoms with Crippen LogP contribution in [-0.2, 0) is 29.0 Å². The molecule has 0 aliphatic carbocycles. The molecule has 1 unspecified atom stereocenters. The first kappa shape index (κ1) is 21.0. The van der Waals surface area contributed by atoms with Crippen molar-refractivity contribution in [2.24, 2.45) is 5.92 Å². The summed E-state index contributed by atoms with van der Waals surface area (Å²) in [5.41, 5.74) is 3.27. The highest BCUT2D eigenvalue weighted by Gasteiger charge is 2.37. The van der Waals surface area contributed by atoms with E-state index in [4.69, 9.17) is 0 Å². The first-order chi connectivity index (χ1) is 14.6. The SMILES string of the molecule is CCc1ccc(N2CC(C(=O)N3CCN(Cc4csc(CC)n4)CC3)CC2=O)cc1. The van der Waals surface area contributed by atoms with Gasteiger partial charge in [-0.2, -0.15) is 0 Å². The molecular weight excluding hydrogens is 396 g/mol. The molecule has 6 nitrogen and oxygen atoms in total. The summed E-state index contributed by atoms with van der Waals surface area (Å²) in [5, 5.41) is 3.32. The zero-order chi connectivity index (χ0) is 21.1. The largest absolute Gasteiger partial charge is 0.340 e. The number of carbonyl (C=O) groups excluding carboxylic acids is 2. The number of piperazine rings is 1. The highest BCUT2D eigenvalue weighted by atomic mass is 32.1. The van der Waals surface area contributed by atoms with Crippen molar-refractivity contribution in [1.29, 1.82) is 0 Å². The Kier molecular flexibility index (Phi) is 6.49. The van der Waals surface area contributed by atoms with E-state index in [1.807, 2.05) is 17.0 Å². The Bertz CT molecular complexity index is 887. The smallest absolute Gasteiger partial charge is 0.228 e. The van der Waals surface area contributed by atoms with Crippen molar-refractivity contribution in [3.05, 3.63) is 45.9 Å². The quantitative estimate of drug-likeness (QED) is 0.713. The third kappa shape index (κ3) is 4.57. The van der Waals surface area contributed by atoms with Crippen LogP contribution in [0, 0.1) is 5.92 Å². The van der Waals surface area contributed by atoms with E-state index in [1.165, 1.54) is 10.6 Å². The van der Waals surface area contributed by atoms with Crippen molar-refractivity contribution in [2.75, 3.05) is 37.6 Å². The third-order valence-electron chi connectivity index (χ3n) is 6.10. The second kappa shape index (κ2) is 9.27. The molecule has 0 bridgehead atoms. The van der Waals surface area contributed by atoms with Crippen molar-refractivity contribution < 1.29 is 9.59 Å². The van der Waals surface area contributed by atoms with Gasteiger partial charge in [0.05, 0.1) is 16.6 Å². The van der Waals surface area contributed by atoms with Gasteiger partial charge in [0, 0.05) is 56.8 Å². The number of aromatic nitrogens is 1. The Morgan fingerprint density at radius 1 is 1.10 bits per heavy atom. The monoisotopic (exact) mass is 426 g/mol. The predicted molar refractivity (Wildman–Crippen MR) is 120 cm³/mol. The lowest BCUT2D eigenvalue weighted by Gasteiger charge is -2.35. The zero-order valence-electron chi connectivity index (χ0n) is 17.8. The molecule has 2 aliphatic heterocycles. The fourth-order valence-electron chi connectivity index (χ4n) is 4.23. The van der Waals surface area contributed by atoms with Crippen LogP contribution in [0.1, 0.15) is 36.5 Å². The number of hydrogen-bond donors (Lipinski definition) is 0. The van der Waals surface area contributed by atoms with Gasteiger partial charge in [-0.05, 0) is 30.5 Å². The van der Waals surface area contributed by atoms with Crippen LogP contribution in [0.4, 0.5) is 5.69 Å². The fraction of sp³-hybridized carbons (Fsp3) is 0.522.